The lowest BCUT2D eigenvalue weighted by Gasteiger charge is -2.40. The van der Waals surface area contributed by atoms with Crippen LogP contribution in [-0.2, 0) is 9.53 Å². The molecule has 1 aromatic rings. The highest BCUT2D eigenvalue weighted by Gasteiger charge is 2.43. The van der Waals surface area contributed by atoms with Gasteiger partial charge in [0, 0.05) is 32.4 Å². The number of benzene rings is 1. The Hall–Kier alpha value is -1.66. The molecule has 5 nitrogen and oxygen atoms in total. The minimum absolute atomic E-state index is 0.0513. The van der Waals surface area contributed by atoms with Gasteiger partial charge < -0.3 is 14.7 Å². The van der Waals surface area contributed by atoms with Crippen LogP contribution >= 0.6 is 11.6 Å². The monoisotopic (exact) mass is 357 g/mol. The van der Waals surface area contributed by atoms with E-state index >= 15 is 0 Å². The molecule has 1 aliphatic heterocycles. The van der Waals surface area contributed by atoms with Gasteiger partial charge in [0.1, 0.15) is 5.82 Å². The third kappa shape index (κ3) is 4.05. The Bertz CT molecular complexity index is 625. The number of ether oxygens (including phenoxy) is 1. The Balaban J connectivity index is 2.16. The average Bonchev–Trinajstić information content (AvgIpc) is 2.57. The number of hydrogen-bond donors (Lipinski definition) is 1. The van der Waals surface area contributed by atoms with Crippen LogP contribution in [0.3, 0.4) is 0 Å². The first-order valence-corrected chi connectivity index (χ1v) is 8.24. The first-order valence-electron chi connectivity index (χ1n) is 7.86. The highest BCUT2D eigenvalue weighted by Crippen LogP contribution is 2.35. The van der Waals surface area contributed by atoms with E-state index in [9.17, 15) is 19.1 Å². The maximum atomic E-state index is 13.6. The summed E-state index contributed by atoms with van der Waals surface area (Å²) in [7, 11) is 1.57. The summed E-state index contributed by atoms with van der Waals surface area (Å²) in [6.07, 6.45) is 2.17. The maximum Gasteiger partial charge on any atom is 0.311 e. The molecule has 1 saturated heterocycles. The van der Waals surface area contributed by atoms with Crippen molar-refractivity contribution in [3.05, 3.63) is 34.6 Å². The Morgan fingerprint density at radius 3 is 2.83 bits per heavy atom. The lowest BCUT2D eigenvalue weighted by molar-refractivity contribution is -0.152. The highest BCUT2D eigenvalue weighted by molar-refractivity contribution is 6.30. The molecule has 0 radical (unpaired) electrons. The quantitative estimate of drug-likeness (QED) is 0.794. The Morgan fingerprint density at radius 1 is 1.46 bits per heavy atom. The number of carboxylic acid groups (broad SMARTS) is 1. The molecule has 1 atom stereocenters. The van der Waals surface area contributed by atoms with Gasteiger partial charge in [-0.25, -0.2) is 4.39 Å². The number of hydrogen-bond acceptors (Lipinski definition) is 3. The lowest BCUT2D eigenvalue weighted by Crippen LogP contribution is -2.50. The molecule has 1 N–H and O–H groups in total. The van der Waals surface area contributed by atoms with Gasteiger partial charge in [0.15, 0.2) is 0 Å². The number of carboxylic acids is 1. The molecule has 1 aromatic carbocycles. The van der Waals surface area contributed by atoms with E-state index in [1.165, 1.54) is 17.0 Å². The first kappa shape index (κ1) is 18.7. The van der Waals surface area contributed by atoms with Crippen LogP contribution in [0.2, 0.25) is 5.02 Å². The number of piperidine rings is 1. The van der Waals surface area contributed by atoms with Gasteiger partial charge in [-0.05, 0) is 43.9 Å². The molecule has 0 saturated carbocycles. The SMILES string of the molecule is COCCCC1(C(=O)O)CCCN(C(=O)c2ccc(Cl)c(F)c2)C1. The largest absolute Gasteiger partial charge is 0.481 e. The normalized spacial score (nSPS) is 20.9. The second kappa shape index (κ2) is 7.94. The topological polar surface area (TPSA) is 66.8 Å². The summed E-state index contributed by atoms with van der Waals surface area (Å²) in [5.41, 5.74) is -0.799. The fraction of sp³-hybridized carbons (Fsp3) is 0.529. The van der Waals surface area contributed by atoms with Gasteiger partial charge in [-0.3, -0.25) is 9.59 Å². The van der Waals surface area contributed by atoms with Crippen molar-refractivity contribution < 1.29 is 23.8 Å². The minimum Gasteiger partial charge on any atom is -0.481 e. The van der Waals surface area contributed by atoms with Crippen LogP contribution in [0.25, 0.3) is 0 Å². The summed E-state index contributed by atoms with van der Waals surface area (Å²) in [6.45, 7) is 1.06. The first-order chi connectivity index (χ1) is 11.4. The second-order valence-corrected chi connectivity index (χ2v) is 6.55. The molecule has 24 heavy (non-hydrogen) atoms. The van der Waals surface area contributed by atoms with Crippen molar-refractivity contribution in [2.45, 2.75) is 25.7 Å². The summed E-state index contributed by atoms with van der Waals surface area (Å²) in [5, 5.41) is 9.63. The van der Waals surface area contributed by atoms with E-state index < -0.39 is 17.2 Å². The molecular weight excluding hydrogens is 337 g/mol. The van der Waals surface area contributed by atoms with E-state index in [2.05, 4.69) is 0 Å². The molecular formula is C17H21ClFNO4. The number of aliphatic carboxylic acids is 1. The summed E-state index contributed by atoms with van der Waals surface area (Å²) in [4.78, 5) is 25.9. The summed E-state index contributed by atoms with van der Waals surface area (Å²) < 4.78 is 18.6. The summed E-state index contributed by atoms with van der Waals surface area (Å²) in [6, 6.07) is 3.87. The summed E-state index contributed by atoms with van der Waals surface area (Å²) >= 11 is 5.64. The lowest BCUT2D eigenvalue weighted by atomic mass is 9.76. The Morgan fingerprint density at radius 2 is 2.21 bits per heavy atom. The van der Waals surface area contributed by atoms with Crippen molar-refractivity contribution in [2.75, 3.05) is 26.8 Å². The van der Waals surface area contributed by atoms with E-state index in [0.717, 1.165) is 6.07 Å². The molecule has 0 aromatic heterocycles. The van der Waals surface area contributed by atoms with Crippen molar-refractivity contribution in [3.8, 4) is 0 Å². The van der Waals surface area contributed by atoms with Crippen molar-refractivity contribution >= 4 is 23.5 Å². The van der Waals surface area contributed by atoms with Crippen LogP contribution in [0, 0.1) is 11.2 Å². The van der Waals surface area contributed by atoms with Crippen molar-refractivity contribution in [2.24, 2.45) is 5.41 Å². The van der Waals surface area contributed by atoms with Gasteiger partial charge >= 0.3 is 5.97 Å². The van der Waals surface area contributed by atoms with Gasteiger partial charge in [0.2, 0.25) is 0 Å². The average molecular weight is 358 g/mol. The Kier molecular flexibility index (Phi) is 6.18. The van der Waals surface area contributed by atoms with Gasteiger partial charge in [-0.1, -0.05) is 11.6 Å². The molecule has 1 amide bonds. The van der Waals surface area contributed by atoms with Crippen molar-refractivity contribution in [1.82, 2.24) is 4.90 Å². The molecule has 1 aliphatic rings. The molecule has 1 unspecified atom stereocenters. The smallest absolute Gasteiger partial charge is 0.311 e. The highest BCUT2D eigenvalue weighted by atomic mass is 35.5. The predicted molar refractivity (Wildman–Crippen MR) is 87.7 cm³/mol. The fourth-order valence-corrected chi connectivity index (χ4v) is 3.27. The number of carbonyl (C=O) groups excluding carboxylic acids is 1. The zero-order valence-corrected chi connectivity index (χ0v) is 14.3. The minimum atomic E-state index is -0.975. The van der Waals surface area contributed by atoms with E-state index in [1.54, 1.807) is 7.11 Å². The van der Waals surface area contributed by atoms with Gasteiger partial charge in [-0.15, -0.1) is 0 Å². The van der Waals surface area contributed by atoms with Crippen LogP contribution < -0.4 is 0 Å². The number of likely N-dealkylation sites (tertiary alicyclic amines) is 1. The van der Waals surface area contributed by atoms with Crippen LogP contribution in [0.15, 0.2) is 18.2 Å². The molecule has 0 spiro atoms. The number of rotatable bonds is 6. The van der Waals surface area contributed by atoms with Gasteiger partial charge in [-0.2, -0.15) is 0 Å². The number of halogens is 2. The Labute approximate surface area is 145 Å². The zero-order valence-electron chi connectivity index (χ0n) is 13.6. The maximum absolute atomic E-state index is 13.6. The molecule has 1 heterocycles. The van der Waals surface area contributed by atoms with E-state index in [-0.39, 0.29) is 23.0 Å². The van der Waals surface area contributed by atoms with Gasteiger partial charge in [0.05, 0.1) is 10.4 Å². The third-order valence-electron chi connectivity index (χ3n) is 4.49. The number of carbonyl (C=O) groups is 2. The number of methoxy groups -OCH3 is 1. The molecule has 7 heteroatoms. The second-order valence-electron chi connectivity index (χ2n) is 6.14. The van der Waals surface area contributed by atoms with Crippen molar-refractivity contribution in [1.29, 1.82) is 0 Å². The third-order valence-corrected chi connectivity index (χ3v) is 4.79. The molecule has 2 rings (SSSR count). The van der Waals surface area contributed by atoms with E-state index in [1.807, 2.05) is 0 Å². The van der Waals surface area contributed by atoms with Crippen LogP contribution in [-0.4, -0.2) is 48.7 Å². The van der Waals surface area contributed by atoms with Gasteiger partial charge in [0.25, 0.3) is 5.91 Å². The van der Waals surface area contributed by atoms with Crippen molar-refractivity contribution in [3.63, 3.8) is 0 Å². The predicted octanol–water partition coefficient (Wildman–Crippen LogP) is 3.21. The fourth-order valence-electron chi connectivity index (χ4n) is 3.16. The van der Waals surface area contributed by atoms with E-state index in [4.69, 9.17) is 16.3 Å². The molecule has 1 fully saturated rings. The van der Waals surface area contributed by atoms with E-state index in [0.29, 0.717) is 38.8 Å². The van der Waals surface area contributed by atoms with Crippen LogP contribution in [0.1, 0.15) is 36.0 Å². The zero-order chi connectivity index (χ0) is 17.7. The van der Waals surface area contributed by atoms with Crippen LogP contribution in [0.4, 0.5) is 4.39 Å². The molecule has 132 valence electrons. The standard InChI is InChI=1S/C17H21ClFNO4/c1-24-9-3-7-17(16(22)23)6-2-8-20(11-17)15(21)12-4-5-13(18)14(19)10-12/h4-5,10H,2-3,6-9,11H2,1H3,(H,22,23). The number of nitrogens with zero attached hydrogens (tertiary/aromatic N) is 1. The number of amides is 1. The molecule has 0 bridgehead atoms. The van der Waals surface area contributed by atoms with Crippen LogP contribution in [0.5, 0.6) is 0 Å². The molecule has 0 aliphatic carbocycles. The summed E-state index contributed by atoms with van der Waals surface area (Å²) in [5.74, 6) is -1.94.